The fourth-order valence-electron chi connectivity index (χ4n) is 1.15. The second kappa shape index (κ2) is 2.81. The molecule has 0 radical (unpaired) electrons. The highest BCUT2D eigenvalue weighted by molar-refractivity contribution is 5.94. The van der Waals surface area contributed by atoms with E-state index in [1.54, 1.807) is 12.3 Å². The minimum atomic E-state index is 0.0363. The summed E-state index contributed by atoms with van der Waals surface area (Å²) in [6.07, 6.45) is 2.19. The molecule has 0 saturated heterocycles. The summed E-state index contributed by atoms with van der Waals surface area (Å²) in [6, 6.07) is 3.63. The van der Waals surface area contributed by atoms with Crippen LogP contribution in [0.4, 0.5) is 11.5 Å². The first kappa shape index (κ1) is 7.09. The summed E-state index contributed by atoms with van der Waals surface area (Å²) in [7, 11) is 0. The minimum Gasteiger partial charge on any atom is -0.368 e. The van der Waals surface area contributed by atoms with Crippen molar-refractivity contribution in [3.8, 4) is 0 Å². The van der Waals surface area contributed by atoms with E-state index in [1.165, 1.54) is 0 Å². The molecule has 0 fully saturated rings. The van der Waals surface area contributed by atoms with Crippen LogP contribution in [0.3, 0.4) is 0 Å². The van der Waals surface area contributed by atoms with Gasteiger partial charge in [-0.2, -0.15) is 0 Å². The lowest BCUT2D eigenvalue weighted by atomic mass is 10.4. The zero-order chi connectivity index (χ0) is 8.39. The quantitative estimate of drug-likeness (QED) is 0.595. The molecule has 1 amide bonds. The summed E-state index contributed by atoms with van der Waals surface area (Å²) in [5.41, 5.74) is 0.764. The van der Waals surface area contributed by atoms with Gasteiger partial charge in [-0.05, 0) is 12.1 Å². The van der Waals surface area contributed by atoms with Crippen molar-refractivity contribution in [2.75, 3.05) is 17.2 Å². The molecule has 1 aromatic rings. The zero-order valence-electron chi connectivity index (χ0n) is 6.50. The lowest BCUT2D eigenvalue weighted by Crippen LogP contribution is -2.10. The number of anilines is 2. The van der Waals surface area contributed by atoms with Crippen molar-refractivity contribution in [2.24, 2.45) is 0 Å². The number of carbonyl (C=O) groups excluding carboxylic acids is 1. The molecule has 1 aromatic heterocycles. The molecule has 2 heterocycles. The molecule has 0 spiro atoms. The number of rotatable bonds is 0. The molecule has 12 heavy (non-hydrogen) atoms. The number of carbonyl (C=O) groups is 1. The predicted molar refractivity (Wildman–Crippen MR) is 46.0 cm³/mol. The number of hydrogen-bond donors (Lipinski definition) is 2. The molecule has 62 valence electrons. The largest absolute Gasteiger partial charge is 0.368 e. The third kappa shape index (κ3) is 1.23. The van der Waals surface area contributed by atoms with Crippen molar-refractivity contribution in [1.82, 2.24) is 4.98 Å². The maximum Gasteiger partial charge on any atom is 0.226 e. The highest BCUT2D eigenvalue weighted by Gasteiger charge is 2.11. The van der Waals surface area contributed by atoms with E-state index in [-0.39, 0.29) is 5.91 Å². The van der Waals surface area contributed by atoms with E-state index in [0.717, 1.165) is 11.5 Å². The van der Waals surface area contributed by atoms with Crippen LogP contribution in [0.1, 0.15) is 6.42 Å². The Labute approximate surface area is 70.0 Å². The van der Waals surface area contributed by atoms with Crippen molar-refractivity contribution in [3.05, 3.63) is 18.3 Å². The van der Waals surface area contributed by atoms with Crippen molar-refractivity contribution in [3.63, 3.8) is 0 Å². The van der Waals surface area contributed by atoms with Gasteiger partial charge in [-0.15, -0.1) is 0 Å². The molecule has 2 N–H and O–H groups in total. The molecule has 0 bridgehead atoms. The fraction of sp³-hybridized carbons (Fsp3) is 0.250. The summed E-state index contributed by atoms with van der Waals surface area (Å²) in [4.78, 5) is 15.2. The van der Waals surface area contributed by atoms with Gasteiger partial charge in [-0.1, -0.05) is 0 Å². The molecule has 0 aromatic carbocycles. The molecule has 2 rings (SSSR count). The van der Waals surface area contributed by atoms with Crippen molar-refractivity contribution in [2.45, 2.75) is 6.42 Å². The first-order valence-electron chi connectivity index (χ1n) is 3.85. The Bertz CT molecular complexity index is 311. The molecule has 4 nitrogen and oxygen atoms in total. The standard InChI is InChI=1S/C8H9N3O/c12-7-3-5-10-8-6(11-7)2-1-4-9-8/h1-2,4H,3,5H2,(H,9,10)(H,11,12). The SMILES string of the molecule is O=C1CCNc2ncccc2N1. The van der Waals surface area contributed by atoms with Crippen molar-refractivity contribution < 1.29 is 4.79 Å². The van der Waals surface area contributed by atoms with Gasteiger partial charge >= 0.3 is 0 Å². The first-order chi connectivity index (χ1) is 5.86. The first-order valence-corrected chi connectivity index (χ1v) is 3.85. The normalized spacial score (nSPS) is 15.5. The number of hydrogen-bond acceptors (Lipinski definition) is 3. The topological polar surface area (TPSA) is 54.0 Å². The Morgan fingerprint density at radius 1 is 1.50 bits per heavy atom. The average Bonchev–Trinajstić information content (AvgIpc) is 2.25. The van der Waals surface area contributed by atoms with Crippen LogP contribution in [0, 0.1) is 0 Å². The number of fused-ring (bicyclic) bond motifs is 1. The molecular formula is C8H9N3O. The molecule has 0 atom stereocenters. The third-order valence-electron chi connectivity index (χ3n) is 1.73. The van der Waals surface area contributed by atoms with E-state index < -0.39 is 0 Å². The monoisotopic (exact) mass is 163 g/mol. The third-order valence-corrected chi connectivity index (χ3v) is 1.73. The van der Waals surface area contributed by atoms with Crippen molar-refractivity contribution in [1.29, 1.82) is 0 Å². The van der Waals surface area contributed by atoms with Crippen LogP contribution in [0.2, 0.25) is 0 Å². The van der Waals surface area contributed by atoms with Gasteiger partial charge in [-0.25, -0.2) is 4.98 Å². The van der Waals surface area contributed by atoms with Gasteiger partial charge in [0.05, 0.1) is 5.69 Å². The van der Waals surface area contributed by atoms with Gasteiger partial charge < -0.3 is 10.6 Å². The Hall–Kier alpha value is -1.58. The molecular weight excluding hydrogens is 154 g/mol. The van der Waals surface area contributed by atoms with Crippen LogP contribution in [0.15, 0.2) is 18.3 Å². The molecule has 0 aliphatic carbocycles. The second-order valence-electron chi connectivity index (χ2n) is 2.62. The predicted octanol–water partition coefficient (Wildman–Crippen LogP) is 0.836. The van der Waals surface area contributed by atoms with E-state index in [4.69, 9.17) is 0 Å². The number of aromatic nitrogens is 1. The van der Waals surface area contributed by atoms with Gasteiger partial charge in [0, 0.05) is 19.2 Å². The maximum atomic E-state index is 11.1. The highest BCUT2D eigenvalue weighted by Crippen LogP contribution is 2.19. The van der Waals surface area contributed by atoms with Gasteiger partial charge in [0.2, 0.25) is 5.91 Å². The highest BCUT2D eigenvalue weighted by atomic mass is 16.1. The number of pyridine rings is 1. The Morgan fingerprint density at radius 3 is 3.33 bits per heavy atom. The number of nitrogens with one attached hydrogen (secondary N) is 2. The summed E-state index contributed by atoms with van der Waals surface area (Å²) < 4.78 is 0. The van der Waals surface area contributed by atoms with Crippen LogP contribution in [0.25, 0.3) is 0 Å². The Morgan fingerprint density at radius 2 is 2.42 bits per heavy atom. The Kier molecular flexibility index (Phi) is 1.66. The molecule has 1 aliphatic heterocycles. The zero-order valence-corrected chi connectivity index (χ0v) is 6.50. The summed E-state index contributed by atoms with van der Waals surface area (Å²) >= 11 is 0. The number of amides is 1. The average molecular weight is 163 g/mol. The van der Waals surface area contributed by atoms with Crippen LogP contribution < -0.4 is 10.6 Å². The van der Waals surface area contributed by atoms with Crippen LogP contribution in [0.5, 0.6) is 0 Å². The Balaban J connectivity index is 2.37. The lowest BCUT2D eigenvalue weighted by Gasteiger charge is -2.03. The fourth-order valence-corrected chi connectivity index (χ4v) is 1.15. The van der Waals surface area contributed by atoms with Gasteiger partial charge in [0.25, 0.3) is 0 Å². The van der Waals surface area contributed by atoms with Crippen LogP contribution in [-0.2, 0) is 4.79 Å². The summed E-state index contributed by atoms with van der Waals surface area (Å²) in [6.45, 7) is 0.649. The summed E-state index contributed by atoms with van der Waals surface area (Å²) in [5.74, 6) is 0.789. The van der Waals surface area contributed by atoms with Gasteiger partial charge in [0.1, 0.15) is 5.82 Å². The second-order valence-corrected chi connectivity index (χ2v) is 2.62. The molecule has 0 unspecified atom stereocenters. The van der Waals surface area contributed by atoms with E-state index in [1.807, 2.05) is 6.07 Å². The minimum absolute atomic E-state index is 0.0363. The maximum absolute atomic E-state index is 11.1. The van der Waals surface area contributed by atoms with E-state index >= 15 is 0 Å². The van der Waals surface area contributed by atoms with Crippen molar-refractivity contribution >= 4 is 17.4 Å². The lowest BCUT2D eigenvalue weighted by molar-refractivity contribution is -0.115. The van der Waals surface area contributed by atoms with E-state index in [9.17, 15) is 4.79 Å². The van der Waals surface area contributed by atoms with E-state index in [2.05, 4.69) is 15.6 Å². The number of nitrogens with zero attached hydrogens (tertiary/aromatic N) is 1. The van der Waals surface area contributed by atoms with Gasteiger partial charge in [-0.3, -0.25) is 4.79 Å². The smallest absolute Gasteiger partial charge is 0.226 e. The molecule has 4 heteroatoms. The molecule has 1 aliphatic rings. The van der Waals surface area contributed by atoms with Gasteiger partial charge in [0.15, 0.2) is 0 Å². The van der Waals surface area contributed by atoms with Crippen LogP contribution in [-0.4, -0.2) is 17.4 Å². The van der Waals surface area contributed by atoms with Crippen LogP contribution >= 0.6 is 0 Å². The summed E-state index contributed by atoms with van der Waals surface area (Å²) in [5, 5.41) is 5.82. The molecule has 0 saturated carbocycles. The van der Waals surface area contributed by atoms with E-state index in [0.29, 0.717) is 13.0 Å².